The van der Waals surface area contributed by atoms with Crippen molar-refractivity contribution in [2.24, 2.45) is 0 Å². The monoisotopic (exact) mass is 309 g/mol. The van der Waals surface area contributed by atoms with Crippen molar-refractivity contribution >= 4 is 15.8 Å². The number of hydrogen-bond donors (Lipinski definition) is 3. The number of H-pyrrole nitrogens is 1. The summed E-state index contributed by atoms with van der Waals surface area (Å²) < 4.78 is 27.3. The van der Waals surface area contributed by atoms with Gasteiger partial charge in [0.25, 0.3) is 0 Å². The standard InChI is InChI=1S/C13H19N5O2S/c1-3-5-14-12-9-11(4-6-15-12)21(19,20)18-10(2)13-16-7-8-17-13/h4,6-10,18H,3,5H2,1-2H3,(H,14,15)(H,16,17). The number of aromatic nitrogens is 3. The summed E-state index contributed by atoms with van der Waals surface area (Å²) in [6.07, 6.45) is 5.65. The molecule has 0 saturated heterocycles. The number of imidazole rings is 1. The molecule has 0 radical (unpaired) electrons. The van der Waals surface area contributed by atoms with Crippen LogP contribution in [-0.2, 0) is 10.0 Å². The molecule has 0 aliphatic heterocycles. The first-order chi connectivity index (χ1) is 10.0. The van der Waals surface area contributed by atoms with Crippen LogP contribution < -0.4 is 10.0 Å². The highest BCUT2D eigenvalue weighted by Gasteiger charge is 2.20. The quantitative estimate of drug-likeness (QED) is 0.722. The lowest BCUT2D eigenvalue weighted by atomic mass is 10.3. The number of aromatic amines is 1. The topological polar surface area (TPSA) is 99.8 Å². The SMILES string of the molecule is CCCNc1cc(S(=O)(=O)NC(C)c2ncc[nH]2)ccn1. The predicted molar refractivity (Wildman–Crippen MR) is 80.3 cm³/mol. The minimum Gasteiger partial charge on any atom is -0.370 e. The van der Waals surface area contributed by atoms with Crippen LogP contribution in [0.4, 0.5) is 5.82 Å². The molecule has 2 heterocycles. The zero-order valence-electron chi connectivity index (χ0n) is 12.0. The minimum atomic E-state index is -3.62. The molecule has 0 aliphatic rings. The van der Waals surface area contributed by atoms with Gasteiger partial charge < -0.3 is 10.3 Å². The first-order valence-corrected chi connectivity index (χ1v) is 8.23. The van der Waals surface area contributed by atoms with Crippen LogP contribution in [0.15, 0.2) is 35.6 Å². The number of anilines is 1. The highest BCUT2D eigenvalue weighted by atomic mass is 32.2. The normalized spacial score (nSPS) is 13.0. The molecule has 1 unspecified atom stereocenters. The Bertz CT molecular complexity index is 670. The van der Waals surface area contributed by atoms with Crippen molar-refractivity contribution in [1.29, 1.82) is 0 Å². The Labute approximate surface area is 124 Å². The van der Waals surface area contributed by atoms with Gasteiger partial charge in [0.1, 0.15) is 11.6 Å². The van der Waals surface area contributed by atoms with Crippen molar-refractivity contribution < 1.29 is 8.42 Å². The summed E-state index contributed by atoms with van der Waals surface area (Å²) in [5.41, 5.74) is 0. The first-order valence-electron chi connectivity index (χ1n) is 6.74. The zero-order valence-corrected chi connectivity index (χ0v) is 12.8. The smallest absolute Gasteiger partial charge is 0.241 e. The van der Waals surface area contributed by atoms with Crippen LogP contribution in [0.2, 0.25) is 0 Å². The highest BCUT2D eigenvalue weighted by molar-refractivity contribution is 7.89. The third kappa shape index (κ3) is 4.02. The second-order valence-corrected chi connectivity index (χ2v) is 6.33. The van der Waals surface area contributed by atoms with Gasteiger partial charge in [0.15, 0.2) is 0 Å². The third-order valence-electron chi connectivity index (χ3n) is 2.86. The number of nitrogens with one attached hydrogen (secondary N) is 3. The summed E-state index contributed by atoms with van der Waals surface area (Å²) in [4.78, 5) is 11.2. The molecule has 3 N–H and O–H groups in total. The molecule has 7 nitrogen and oxygen atoms in total. The molecular weight excluding hydrogens is 290 g/mol. The molecule has 0 spiro atoms. The summed E-state index contributed by atoms with van der Waals surface area (Å²) in [5.74, 6) is 1.11. The van der Waals surface area contributed by atoms with Crippen molar-refractivity contribution in [1.82, 2.24) is 19.7 Å². The van der Waals surface area contributed by atoms with E-state index in [0.29, 0.717) is 11.6 Å². The Morgan fingerprint density at radius 1 is 1.33 bits per heavy atom. The molecule has 2 aromatic heterocycles. The molecule has 8 heteroatoms. The molecule has 21 heavy (non-hydrogen) atoms. The zero-order chi connectivity index (χ0) is 15.3. The van der Waals surface area contributed by atoms with E-state index in [1.54, 1.807) is 19.3 Å². The number of pyridine rings is 1. The Balaban J connectivity index is 2.15. The van der Waals surface area contributed by atoms with Gasteiger partial charge in [0.2, 0.25) is 10.0 Å². The lowest BCUT2D eigenvalue weighted by Gasteiger charge is -2.13. The van der Waals surface area contributed by atoms with Crippen molar-refractivity contribution in [2.45, 2.75) is 31.2 Å². The predicted octanol–water partition coefficient (Wildman–Crippen LogP) is 1.67. The van der Waals surface area contributed by atoms with Gasteiger partial charge in [-0.2, -0.15) is 0 Å². The lowest BCUT2D eigenvalue weighted by molar-refractivity contribution is 0.561. The van der Waals surface area contributed by atoms with E-state index in [4.69, 9.17) is 0 Å². The molecular formula is C13H19N5O2S. The van der Waals surface area contributed by atoms with Crippen molar-refractivity contribution in [3.05, 3.63) is 36.5 Å². The van der Waals surface area contributed by atoms with E-state index in [0.717, 1.165) is 13.0 Å². The number of hydrogen-bond acceptors (Lipinski definition) is 5. The summed E-state index contributed by atoms with van der Waals surface area (Å²) in [7, 11) is -3.62. The molecule has 0 bridgehead atoms. The summed E-state index contributed by atoms with van der Waals surface area (Å²) in [6.45, 7) is 4.50. The van der Waals surface area contributed by atoms with Crippen LogP contribution in [-0.4, -0.2) is 29.9 Å². The van der Waals surface area contributed by atoms with Crippen molar-refractivity contribution in [3.63, 3.8) is 0 Å². The molecule has 0 aliphatic carbocycles. The maximum atomic E-state index is 12.4. The van der Waals surface area contributed by atoms with E-state index in [1.165, 1.54) is 18.3 Å². The van der Waals surface area contributed by atoms with E-state index in [2.05, 4.69) is 25.0 Å². The molecule has 0 fully saturated rings. The number of sulfonamides is 1. The van der Waals surface area contributed by atoms with Crippen LogP contribution in [0, 0.1) is 0 Å². The maximum absolute atomic E-state index is 12.4. The first kappa shape index (κ1) is 15.5. The van der Waals surface area contributed by atoms with Crippen LogP contribution in [0.1, 0.15) is 32.1 Å². The fourth-order valence-electron chi connectivity index (χ4n) is 1.80. The average Bonchev–Trinajstić information content (AvgIpc) is 2.99. The van der Waals surface area contributed by atoms with Crippen molar-refractivity contribution in [2.75, 3.05) is 11.9 Å². The largest absolute Gasteiger partial charge is 0.370 e. The van der Waals surface area contributed by atoms with Crippen LogP contribution in [0.3, 0.4) is 0 Å². The molecule has 2 aromatic rings. The second-order valence-electron chi connectivity index (χ2n) is 4.62. The fourth-order valence-corrected chi connectivity index (χ4v) is 3.02. The van der Waals surface area contributed by atoms with E-state index in [9.17, 15) is 8.42 Å². The number of rotatable bonds is 7. The van der Waals surface area contributed by atoms with Gasteiger partial charge in [0.05, 0.1) is 10.9 Å². The van der Waals surface area contributed by atoms with E-state index < -0.39 is 16.1 Å². The van der Waals surface area contributed by atoms with Gasteiger partial charge in [-0.05, 0) is 19.4 Å². The van der Waals surface area contributed by atoms with Gasteiger partial charge in [-0.25, -0.2) is 23.1 Å². The van der Waals surface area contributed by atoms with Gasteiger partial charge >= 0.3 is 0 Å². The van der Waals surface area contributed by atoms with Gasteiger partial charge in [-0.3, -0.25) is 0 Å². The molecule has 0 aromatic carbocycles. The molecule has 114 valence electrons. The van der Waals surface area contributed by atoms with E-state index in [-0.39, 0.29) is 4.90 Å². The molecule has 0 saturated carbocycles. The second kappa shape index (κ2) is 6.68. The molecule has 1 atom stereocenters. The van der Waals surface area contributed by atoms with Crippen LogP contribution in [0.25, 0.3) is 0 Å². The Hall–Kier alpha value is -1.93. The van der Waals surface area contributed by atoms with Crippen molar-refractivity contribution in [3.8, 4) is 0 Å². The maximum Gasteiger partial charge on any atom is 0.241 e. The summed E-state index contributed by atoms with van der Waals surface area (Å²) in [6, 6.07) is 2.55. The van der Waals surface area contributed by atoms with E-state index >= 15 is 0 Å². The van der Waals surface area contributed by atoms with Crippen LogP contribution >= 0.6 is 0 Å². The number of nitrogens with zero attached hydrogens (tertiary/aromatic N) is 2. The Kier molecular flexibility index (Phi) is 4.92. The third-order valence-corrected chi connectivity index (χ3v) is 4.40. The Morgan fingerprint density at radius 2 is 2.14 bits per heavy atom. The van der Waals surface area contributed by atoms with Gasteiger partial charge in [0, 0.05) is 31.2 Å². The van der Waals surface area contributed by atoms with Gasteiger partial charge in [-0.1, -0.05) is 6.92 Å². The Morgan fingerprint density at radius 3 is 2.81 bits per heavy atom. The average molecular weight is 309 g/mol. The summed E-state index contributed by atoms with van der Waals surface area (Å²) >= 11 is 0. The van der Waals surface area contributed by atoms with Crippen LogP contribution in [0.5, 0.6) is 0 Å². The fraction of sp³-hybridized carbons (Fsp3) is 0.385. The lowest BCUT2D eigenvalue weighted by Crippen LogP contribution is -2.27. The molecule has 2 rings (SSSR count). The summed E-state index contributed by atoms with van der Waals surface area (Å²) in [5, 5.41) is 3.07. The highest BCUT2D eigenvalue weighted by Crippen LogP contribution is 2.16. The molecule has 0 amide bonds. The van der Waals surface area contributed by atoms with Gasteiger partial charge in [-0.15, -0.1) is 0 Å². The minimum absolute atomic E-state index is 0.175. The van der Waals surface area contributed by atoms with E-state index in [1.807, 2.05) is 6.92 Å².